The van der Waals surface area contributed by atoms with Crippen LogP contribution in [0.5, 0.6) is 11.8 Å². The van der Waals surface area contributed by atoms with Crippen molar-refractivity contribution in [2.75, 3.05) is 13.7 Å². The Morgan fingerprint density at radius 3 is 2.35 bits per heavy atom. The normalized spacial score (nSPS) is 15.2. The zero-order valence-electron chi connectivity index (χ0n) is 10.7. The van der Waals surface area contributed by atoms with Gasteiger partial charge in [-0.05, 0) is 24.1 Å². The third kappa shape index (κ3) is 1.72. The minimum atomic E-state index is -0.538. The Kier molecular flexibility index (Phi) is 3.12. The lowest BCUT2D eigenvalue weighted by Gasteiger charge is -2.19. The SMILES string of the molecule is COCCC1(c2ccc(Cl)c(Cl)c2)c2c(O)[nH]c(O)c21. The Morgan fingerprint density at radius 2 is 1.80 bits per heavy atom. The molecule has 0 bridgehead atoms. The number of aromatic hydroxyl groups is 2. The molecule has 0 atom stereocenters. The number of aromatic nitrogens is 1. The van der Waals surface area contributed by atoms with Gasteiger partial charge in [0, 0.05) is 24.8 Å². The van der Waals surface area contributed by atoms with Crippen LogP contribution in [0.4, 0.5) is 0 Å². The lowest BCUT2D eigenvalue weighted by atomic mass is 9.87. The number of halogens is 2. The van der Waals surface area contributed by atoms with Gasteiger partial charge in [-0.25, -0.2) is 0 Å². The lowest BCUT2D eigenvalue weighted by molar-refractivity contribution is 0.186. The standard InChI is InChI=1S/C14H13Cl2NO3/c1-20-5-4-14(7-2-3-8(15)9(16)6-7)10-11(14)13(19)17-12(10)18/h2-3,6,17-19H,4-5H2,1H3. The van der Waals surface area contributed by atoms with Gasteiger partial charge in [-0.1, -0.05) is 29.3 Å². The van der Waals surface area contributed by atoms with Gasteiger partial charge in [0.25, 0.3) is 0 Å². The highest BCUT2D eigenvalue weighted by atomic mass is 35.5. The monoisotopic (exact) mass is 313 g/mol. The molecule has 3 rings (SSSR count). The van der Waals surface area contributed by atoms with Gasteiger partial charge in [-0.3, -0.25) is 4.98 Å². The Bertz CT molecular complexity index is 657. The third-order valence-corrected chi connectivity index (χ3v) is 4.58. The molecule has 0 radical (unpaired) electrons. The minimum Gasteiger partial charge on any atom is -0.494 e. The summed E-state index contributed by atoms with van der Waals surface area (Å²) >= 11 is 12.0. The van der Waals surface area contributed by atoms with E-state index < -0.39 is 5.41 Å². The van der Waals surface area contributed by atoms with Crippen molar-refractivity contribution < 1.29 is 14.9 Å². The Balaban J connectivity index is 2.09. The fourth-order valence-corrected chi connectivity index (χ4v) is 3.20. The first-order valence-corrected chi connectivity index (χ1v) is 6.87. The van der Waals surface area contributed by atoms with Crippen LogP contribution in [0.25, 0.3) is 0 Å². The number of methoxy groups -OCH3 is 1. The number of fused-ring (bicyclic) bond motifs is 1. The zero-order valence-corrected chi connectivity index (χ0v) is 12.2. The van der Waals surface area contributed by atoms with Crippen molar-refractivity contribution in [1.82, 2.24) is 4.98 Å². The summed E-state index contributed by atoms with van der Waals surface area (Å²) in [7, 11) is 1.61. The Morgan fingerprint density at radius 1 is 1.15 bits per heavy atom. The van der Waals surface area contributed by atoms with E-state index in [4.69, 9.17) is 27.9 Å². The maximum atomic E-state index is 9.90. The molecular weight excluding hydrogens is 301 g/mol. The second kappa shape index (κ2) is 4.58. The number of rotatable bonds is 4. The van der Waals surface area contributed by atoms with Gasteiger partial charge in [-0.2, -0.15) is 0 Å². The maximum absolute atomic E-state index is 9.90. The van der Waals surface area contributed by atoms with Crippen LogP contribution in [-0.4, -0.2) is 28.9 Å². The Labute approximate surface area is 125 Å². The molecule has 1 aliphatic rings. The number of hydrogen-bond acceptors (Lipinski definition) is 3. The van der Waals surface area contributed by atoms with E-state index in [-0.39, 0.29) is 11.8 Å². The molecule has 1 heterocycles. The van der Waals surface area contributed by atoms with E-state index in [1.807, 2.05) is 6.07 Å². The number of ether oxygens (including phenoxy) is 1. The first-order valence-electron chi connectivity index (χ1n) is 6.11. The van der Waals surface area contributed by atoms with Crippen LogP contribution in [0, 0.1) is 0 Å². The van der Waals surface area contributed by atoms with Gasteiger partial charge in [0.05, 0.1) is 15.5 Å². The molecule has 0 unspecified atom stereocenters. The van der Waals surface area contributed by atoms with Crippen LogP contribution in [0.15, 0.2) is 18.2 Å². The summed E-state index contributed by atoms with van der Waals surface area (Å²) in [5, 5.41) is 20.7. The molecule has 0 fully saturated rings. The molecule has 4 nitrogen and oxygen atoms in total. The molecule has 1 aromatic heterocycles. The van der Waals surface area contributed by atoms with Crippen molar-refractivity contribution >= 4 is 23.2 Å². The van der Waals surface area contributed by atoms with Crippen molar-refractivity contribution in [3.05, 3.63) is 44.9 Å². The number of H-pyrrole nitrogens is 1. The van der Waals surface area contributed by atoms with Gasteiger partial charge in [-0.15, -0.1) is 0 Å². The summed E-state index contributed by atoms with van der Waals surface area (Å²) in [4.78, 5) is 2.51. The molecule has 0 saturated carbocycles. The molecule has 0 spiro atoms. The van der Waals surface area contributed by atoms with E-state index in [9.17, 15) is 10.2 Å². The third-order valence-electron chi connectivity index (χ3n) is 3.85. The second-order valence-corrected chi connectivity index (χ2v) is 5.66. The van der Waals surface area contributed by atoms with Crippen LogP contribution < -0.4 is 0 Å². The first kappa shape index (κ1) is 13.6. The van der Waals surface area contributed by atoms with E-state index in [0.29, 0.717) is 34.2 Å². The molecule has 20 heavy (non-hydrogen) atoms. The van der Waals surface area contributed by atoms with Gasteiger partial charge < -0.3 is 14.9 Å². The topological polar surface area (TPSA) is 65.5 Å². The fraction of sp³-hybridized carbons (Fsp3) is 0.286. The molecule has 0 amide bonds. The van der Waals surface area contributed by atoms with Crippen molar-refractivity contribution in [2.24, 2.45) is 0 Å². The average molecular weight is 314 g/mol. The van der Waals surface area contributed by atoms with Gasteiger partial charge >= 0.3 is 0 Å². The Hall–Kier alpha value is -1.36. The van der Waals surface area contributed by atoms with Gasteiger partial charge in [0.2, 0.25) is 0 Å². The van der Waals surface area contributed by atoms with Crippen LogP contribution in [-0.2, 0) is 10.2 Å². The van der Waals surface area contributed by atoms with Crippen LogP contribution >= 0.6 is 23.2 Å². The van der Waals surface area contributed by atoms with E-state index in [2.05, 4.69) is 4.98 Å². The number of aromatic amines is 1. The summed E-state index contributed by atoms with van der Waals surface area (Å²) in [5.74, 6) is -0.0284. The van der Waals surface area contributed by atoms with E-state index >= 15 is 0 Å². The van der Waals surface area contributed by atoms with Gasteiger partial charge in [0.15, 0.2) is 11.8 Å². The quantitative estimate of drug-likeness (QED) is 0.810. The molecule has 0 aliphatic heterocycles. The first-order chi connectivity index (χ1) is 9.52. The maximum Gasteiger partial charge on any atom is 0.196 e. The summed E-state index contributed by atoms with van der Waals surface area (Å²) in [6, 6.07) is 5.33. The molecule has 6 heteroatoms. The highest BCUT2D eigenvalue weighted by Gasteiger charge is 2.58. The second-order valence-electron chi connectivity index (χ2n) is 4.85. The highest BCUT2D eigenvalue weighted by molar-refractivity contribution is 6.42. The highest BCUT2D eigenvalue weighted by Crippen LogP contribution is 2.64. The van der Waals surface area contributed by atoms with E-state index in [1.54, 1.807) is 19.2 Å². The fourth-order valence-electron chi connectivity index (χ4n) is 2.90. The number of nitrogens with one attached hydrogen (secondary N) is 1. The van der Waals surface area contributed by atoms with E-state index in [1.165, 1.54) is 0 Å². The molecule has 106 valence electrons. The predicted molar refractivity (Wildman–Crippen MR) is 77.0 cm³/mol. The molecular formula is C14H13Cl2NO3. The van der Waals surface area contributed by atoms with Crippen LogP contribution in [0.1, 0.15) is 23.1 Å². The van der Waals surface area contributed by atoms with Crippen molar-refractivity contribution in [3.8, 4) is 11.8 Å². The summed E-state index contributed by atoms with van der Waals surface area (Å²) in [6.07, 6.45) is 0.613. The molecule has 2 aromatic rings. The zero-order chi connectivity index (χ0) is 14.5. The largest absolute Gasteiger partial charge is 0.494 e. The van der Waals surface area contributed by atoms with Crippen molar-refractivity contribution in [1.29, 1.82) is 0 Å². The molecule has 1 aliphatic carbocycles. The van der Waals surface area contributed by atoms with E-state index in [0.717, 1.165) is 5.56 Å². The lowest BCUT2D eigenvalue weighted by Crippen LogP contribution is -2.15. The molecule has 3 N–H and O–H groups in total. The number of benzene rings is 1. The molecule has 0 saturated heterocycles. The summed E-state index contributed by atoms with van der Waals surface area (Å²) in [6.45, 7) is 0.494. The minimum absolute atomic E-state index is 0.0142. The summed E-state index contributed by atoms with van der Waals surface area (Å²) < 4.78 is 5.14. The predicted octanol–water partition coefficient (Wildman–Crippen LogP) is 3.42. The average Bonchev–Trinajstić information content (AvgIpc) is 3.00. The van der Waals surface area contributed by atoms with Gasteiger partial charge in [0.1, 0.15) is 0 Å². The summed E-state index contributed by atoms with van der Waals surface area (Å²) in [5.41, 5.74) is 1.74. The van der Waals surface area contributed by atoms with Crippen LogP contribution in [0.2, 0.25) is 10.0 Å². The smallest absolute Gasteiger partial charge is 0.196 e. The molecule has 1 aromatic carbocycles. The van der Waals surface area contributed by atoms with Crippen LogP contribution in [0.3, 0.4) is 0 Å². The number of hydrogen-bond donors (Lipinski definition) is 3. The van der Waals surface area contributed by atoms with Crippen molar-refractivity contribution in [3.63, 3.8) is 0 Å². The van der Waals surface area contributed by atoms with Crippen molar-refractivity contribution in [2.45, 2.75) is 11.8 Å².